The summed E-state index contributed by atoms with van der Waals surface area (Å²) in [6.45, 7) is 1.52. The average Bonchev–Trinajstić information content (AvgIpc) is 3.46. The largest absolute Gasteiger partial charge is 0.487 e. The van der Waals surface area contributed by atoms with Crippen molar-refractivity contribution < 1.29 is 23.8 Å². The first kappa shape index (κ1) is 21.9. The number of aromatic nitrogens is 2. The molecule has 6 rings (SSSR count). The molecule has 0 radical (unpaired) electrons. The van der Waals surface area contributed by atoms with Crippen LogP contribution >= 0.6 is 11.8 Å². The Bertz CT molecular complexity index is 1340. The van der Waals surface area contributed by atoms with Crippen molar-refractivity contribution in [3.8, 4) is 11.6 Å². The Morgan fingerprint density at radius 3 is 2.97 bits per heavy atom. The third-order valence-electron chi connectivity index (χ3n) is 6.21. The van der Waals surface area contributed by atoms with Crippen LogP contribution in [0, 0.1) is 0 Å². The Morgan fingerprint density at radius 2 is 2.09 bits per heavy atom. The number of benzene rings is 1. The van der Waals surface area contributed by atoms with Crippen LogP contribution in [0.5, 0.6) is 11.6 Å². The highest BCUT2D eigenvalue weighted by Crippen LogP contribution is 2.36. The predicted molar refractivity (Wildman–Crippen MR) is 130 cm³/mol. The van der Waals surface area contributed by atoms with Gasteiger partial charge in [-0.3, -0.25) is 14.7 Å². The molecule has 35 heavy (non-hydrogen) atoms. The molecule has 3 aliphatic heterocycles. The molecule has 1 saturated heterocycles. The normalized spacial score (nSPS) is 20.8. The molecular formula is C24H23N5O5S. The maximum absolute atomic E-state index is 12.5. The molecule has 0 spiro atoms. The monoisotopic (exact) mass is 493 g/mol. The number of carbonyl (C=O) groups is 2. The van der Waals surface area contributed by atoms with Gasteiger partial charge in [-0.25, -0.2) is 9.78 Å². The molecule has 2 amide bonds. The van der Waals surface area contributed by atoms with Crippen LogP contribution in [-0.4, -0.2) is 66.7 Å². The van der Waals surface area contributed by atoms with E-state index in [4.69, 9.17) is 14.2 Å². The highest BCUT2D eigenvalue weighted by molar-refractivity contribution is 8.00. The second kappa shape index (κ2) is 8.90. The highest BCUT2D eigenvalue weighted by atomic mass is 32.2. The SMILES string of the molecule is COc1ccc2ncc3c(c2n1)CC(CNCC1CN(c2ccc4c(c2)NC(=O)CS4)C(=O)O1)O3. The van der Waals surface area contributed by atoms with E-state index in [-0.39, 0.29) is 18.1 Å². The molecule has 11 heteroatoms. The summed E-state index contributed by atoms with van der Waals surface area (Å²) in [5.74, 6) is 1.64. The van der Waals surface area contributed by atoms with Gasteiger partial charge >= 0.3 is 6.09 Å². The van der Waals surface area contributed by atoms with Crippen LogP contribution in [0.15, 0.2) is 41.4 Å². The van der Waals surface area contributed by atoms with E-state index in [1.54, 1.807) is 24.3 Å². The number of cyclic esters (lactones) is 1. The van der Waals surface area contributed by atoms with E-state index < -0.39 is 6.09 Å². The summed E-state index contributed by atoms with van der Waals surface area (Å²) in [7, 11) is 1.59. The summed E-state index contributed by atoms with van der Waals surface area (Å²) in [4.78, 5) is 35.8. The molecule has 0 saturated carbocycles. The lowest BCUT2D eigenvalue weighted by Crippen LogP contribution is -2.36. The molecular weight excluding hydrogens is 470 g/mol. The van der Waals surface area contributed by atoms with Crippen LogP contribution < -0.4 is 25.0 Å². The Labute approximate surface area is 205 Å². The third-order valence-corrected chi connectivity index (χ3v) is 7.29. The van der Waals surface area contributed by atoms with Gasteiger partial charge in [0.05, 0.1) is 42.3 Å². The van der Waals surface area contributed by atoms with E-state index in [2.05, 4.69) is 20.6 Å². The summed E-state index contributed by atoms with van der Waals surface area (Å²) >= 11 is 1.49. The van der Waals surface area contributed by atoms with Gasteiger partial charge in [-0.1, -0.05) is 0 Å². The van der Waals surface area contributed by atoms with Crippen LogP contribution in [0.1, 0.15) is 5.56 Å². The van der Waals surface area contributed by atoms with Crippen LogP contribution in [0.25, 0.3) is 11.0 Å². The van der Waals surface area contributed by atoms with Gasteiger partial charge < -0.3 is 24.8 Å². The Morgan fingerprint density at radius 1 is 1.20 bits per heavy atom. The number of amides is 2. The molecule has 0 bridgehead atoms. The number of nitrogens with one attached hydrogen (secondary N) is 2. The molecule has 10 nitrogen and oxygen atoms in total. The van der Waals surface area contributed by atoms with Gasteiger partial charge in [0.1, 0.15) is 18.0 Å². The molecule has 1 aromatic carbocycles. The summed E-state index contributed by atoms with van der Waals surface area (Å²) in [5.41, 5.74) is 4.06. The van der Waals surface area contributed by atoms with Gasteiger partial charge in [0.2, 0.25) is 11.8 Å². The topological polar surface area (TPSA) is 115 Å². The summed E-state index contributed by atoms with van der Waals surface area (Å²) in [5, 5.41) is 6.23. The van der Waals surface area contributed by atoms with Gasteiger partial charge in [-0.05, 0) is 24.3 Å². The minimum atomic E-state index is -0.395. The number of nitrogens with zero attached hydrogens (tertiary/aromatic N) is 3. The maximum Gasteiger partial charge on any atom is 0.414 e. The van der Waals surface area contributed by atoms with Crippen molar-refractivity contribution >= 4 is 46.2 Å². The molecule has 0 aliphatic carbocycles. The molecule has 3 aliphatic rings. The number of anilines is 2. The Kier molecular flexibility index (Phi) is 5.57. The minimum Gasteiger partial charge on any atom is -0.487 e. The fraction of sp³-hybridized carbons (Fsp3) is 0.333. The second-order valence-corrected chi connectivity index (χ2v) is 9.58. The average molecular weight is 494 g/mol. The van der Waals surface area contributed by atoms with E-state index in [1.807, 2.05) is 24.3 Å². The van der Waals surface area contributed by atoms with Gasteiger partial charge in [-0.15, -0.1) is 11.8 Å². The van der Waals surface area contributed by atoms with Crippen molar-refractivity contribution in [2.24, 2.45) is 0 Å². The lowest BCUT2D eigenvalue weighted by molar-refractivity contribution is -0.113. The first-order valence-corrected chi connectivity index (χ1v) is 12.3. The van der Waals surface area contributed by atoms with Crippen molar-refractivity contribution in [3.63, 3.8) is 0 Å². The van der Waals surface area contributed by atoms with Crippen LogP contribution in [0.4, 0.5) is 16.2 Å². The van der Waals surface area contributed by atoms with Gasteiger partial charge in [0, 0.05) is 41.7 Å². The number of carbonyl (C=O) groups excluding carboxylic acids is 2. The first-order valence-electron chi connectivity index (χ1n) is 11.3. The Hall–Kier alpha value is -3.57. The first-order chi connectivity index (χ1) is 17.1. The van der Waals surface area contributed by atoms with Crippen molar-refractivity contribution in [1.29, 1.82) is 0 Å². The van der Waals surface area contributed by atoms with E-state index >= 15 is 0 Å². The van der Waals surface area contributed by atoms with Crippen molar-refractivity contribution in [1.82, 2.24) is 15.3 Å². The summed E-state index contributed by atoms with van der Waals surface area (Å²) in [6, 6.07) is 9.31. The number of rotatable bonds is 6. The van der Waals surface area contributed by atoms with E-state index in [0.29, 0.717) is 43.4 Å². The lowest BCUT2D eigenvalue weighted by Gasteiger charge is -2.20. The van der Waals surface area contributed by atoms with E-state index in [1.165, 1.54) is 11.8 Å². The van der Waals surface area contributed by atoms with Gasteiger partial charge in [-0.2, -0.15) is 0 Å². The summed E-state index contributed by atoms with van der Waals surface area (Å²) in [6.07, 6.45) is 1.69. The van der Waals surface area contributed by atoms with E-state index in [9.17, 15) is 9.59 Å². The van der Waals surface area contributed by atoms with Gasteiger partial charge in [0.25, 0.3) is 0 Å². The molecule has 2 atom stereocenters. The predicted octanol–water partition coefficient (Wildman–Crippen LogP) is 2.60. The molecule has 2 aromatic heterocycles. The number of hydrogen-bond acceptors (Lipinski definition) is 9. The van der Waals surface area contributed by atoms with Crippen LogP contribution in [-0.2, 0) is 16.0 Å². The van der Waals surface area contributed by atoms with Crippen molar-refractivity contribution in [2.45, 2.75) is 23.5 Å². The fourth-order valence-corrected chi connectivity index (χ4v) is 5.33. The summed E-state index contributed by atoms with van der Waals surface area (Å²) < 4.78 is 16.9. The standard InChI is InChI=1S/C24H23N5O5S/c1-32-22-5-3-17-23(28-22)16-7-14(33-19(16)10-26-17)8-25-9-15-11-29(24(31)34-15)13-2-4-20-18(6-13)27-21(30)12-35-20/h2-6,10,14-15,25H,7-9,11-12H2,1H3,(H,27,30). The number of hydrogen-bond donors (Lipinski definition) is 2. The maximum atomic E-state index is 12.5. The number of fused-ring (bicyclic) bond motifs is 4. The third kappa shape index (κ3) is 4.21. The van der Waals surface area contributed by atoms with Crippen molar-refractivity contribution in [2.75, 3.05) is 42.7 Å². The zero-order valence-corrected chi connectivity index (χ0v) is 19.8. The van der Waals surface area contributed by atoms with Gasteiger partial charge in [0.15, 0.2) is 0 Å². The Balaban J connectivity index is 1.05. The quantitative estimate of drug-likeness (QED) is 0.535. The molecule has 180 valence electrons. The fourth-order valence-electron chi connectivity index (χ4n) is 4.54. The number of thioether (sulfide) groups is 1. The molecule has 5 heterocycles. The minimum absolute atomic E-state index is 0.0410. The molecule has 3 aromatic rings. The zero-order chi connectivity index (χ0) is 23.9. The second-order valence-electron chi connectivity index (χ2n) is 8.56. The molecule has 2 N–H and O–H groups in total. The molecule has 2 unspecified atom stereocenters. The zero-order valence-electron chi connectivity index (χ0n) is 18.9. The number of methoxy groups -OCH3 is 1. The smallest absolute Gasteiger partial charge is 0.414 e. The van der Waals surface area contributed by atoms with E-state index in [0.717, 1.165) is 32.9 Å². The number of ether oxygens (including phenoxy) is 3. The van der Waals surface area contributed by atoms with Crippen LogP contribution in [0.2, 0.25) is 0 Å². The molecule has 1 fully saturated rings. The highest BCUT2D eigenvalue weighted by Gasteiger charge is 2.33. The lowest BCUT2D eigenvalue weighted by atomic mass is 10.1. The van der Waals surface area contributed by atoms with Crippen molar-refractivity contribution in [3.05, 3.63) is 42.1 Å². The van der Waals surface area contributed by atoms with Crippen LogP contribution in [0.3, 0.4) is 0 Å². The number of pyridine rings is 2.